The van der Waals surface area contributed by atoms with Crippen molar-refractivity contribution in [2.24, 2.45) is 0 Å². The zero-order valence-electron chi connectivity index (χ0n) is 9.18. The van der Waals surface area contributed by atoms with Gasteiger partial charge in [0.15, 0.2) is 0 Å². The van der Waals surface area contributed by atoms with E-state index >= 15 is 0 Å². The molecule has 90 valence electrons. The highest BCUT2D eigenvalue weighted by molar-refractivity contribution is 5.33. The molecule has 0 unspecified atom stereocenters. The lowest BCUT2D eigenvalue weighted by Gasteiger charge is -2.08. The fourth-order valence-corrected chi connectivity index (χ4v) is 1.34. The second kappa shape index (κ2) is 4.92. The molecule has 0 aliphatic carbocycles. The van der Waals surface area contributed by atoms with E-state index in [2.05, 4.69) is 14.9 Å². The minimum atomic E-state index is -0.416. The van der Waals surface area contributed by atoms with Crippen molar-refractivity contribution >= 4 is 0 Å². The van der Waals surface area contributed by atoms with E-state index in [1.165, 1.54) is 18.2 Å². The molecule has 0 radical (unpaired) electrons. The summed E-state index contributed by atoms with van der Waals surface area (Å²) >= 11 is 0. The summed E-state index contributed by atoms with van der Waals surface area (Å²) in [5, 5.41) is 16.3. The Labute approximate surface area is 96.8 Å². The number of hydrogen-bond donors (Lipinski definition) is 1. The Morgan fingerprint density at radius 2 is 2.24 bits per heavy atom. The predicted octanol–water partition coefficient (Wildman–Crippen LogP) is 1.59. The molecule has 0 spiro atoms. The summed E-state index contributed by atoms with van der Waals surface area (Å²) in [4.78, 5) is 0. The molecule has 5 nitrogen and oxygen atoms in total. The molecule has 0 saturated heterocycles. The topological polar surface area (TPSA) is 68.4 Å². The van der Waals surface area contributed by atoms with Crippen LogP contribution in [-0.4, -0.2) is 15.4 Å². The van der Waals surface area contributed by atoms with Crippen molar-refractivity contribution in [3.8, 4) is 5.75 Å². The molecule has 0 atom stereocenters. The number of benzene rings is 1. The van der Waals surface area contributed by atoms with Crippen LogP contribution in [0.15, 0.2) is 22.8 Å². The first-order chi connectivity index (χ1) is 8.20. The number of aryl methyl sites for hydroxylation is 1. The van der Waals surface area contributed by atoms with Gasteiger partial charge in [-0.3, -0.25) is 0 Å². The second-order valence-corrected chi connectivity index (χ2v) is 3.50. The Morgan fingerprint density at radius 3 is 2.88 bits per heavy atom. The third-order valence-corrected chi connectivity index (χ3v) is 2.30. The van der Waals surface area contributed by atoms with Crippen molar-refractivity contribution in [3.63, 3.8) is 0 Å². The van der Waals surface area contributed by atoms with E-state index in [1.807, 2.05) is 0 Å². The molecule has 0 amide bonds. The zero-order chi connectivity index (χ0) is 12.3. The van der Waals surface area contributed by atoms with Crippen molar-refractivity contribution in [2.45, 2.75) is 20.1 Å². The molecule has 2 rings (SSSR count). The van der Waals surface area contributed by atoms with Gasteiger partial charge in [0, 0.05) is 5.56 Å². The average Bonchev–Trinajstić information content (AvgIpc) is 2.73. The molecule has 17 heavy (non-hydrogen) atoms. The van der Waals surface area contributed by atoms with E-state index < -0.39 is 5.82 Å². The van der Waals surface area contributed by atoms with Crippen LogP contribution >= 0.6 is 0 Å². The molecule has 0 fully saturated rings. The number of aliphatic hydroxyl groups is 1. The van der Waals surface area contributed by atoms with Gasteiger partial charge < -0.3 is 9.84 Å². The lowest BCUT2D eigenvalue weighted by molar-refractivity contribution is 0.249. The predicted molar refractivity (Wildman–Crippen MR) is 55.7 cm³/mol. The number of halogens is 1. The Balaban J connectivity index is 2.11. The SMILES string of the molecule is Cc1nonc1COc1ccc(F)cc1CO. The molecule has 1 aromatic heterocycles. The number of hydrogen-bond acceptors (Lipinski definition) is 5. The minimum absolute atomic E-state index is 0.161. The van der Waals surface area contributed by atoms with Crippen LogP contribution in [0, 0.1) is 12.7 Å². The maximum atomic E-state index is 12.9. The lowest BCUT2D eigenvalue weighted by Crippen LogP contribution is -2.01. The third kappa shape index (κ3) is 2.59. The van der Waals surface area contributed by atoms with E-state index in [0.717, 1.165) is 0 Å². The summed E-state index contributed by atoms with van der Waals surface area (Å²) in [5.41, 5.74) is 1.59. The maximum Gasteiger partial charge on any atom is 0.145 e. The van der Waals surface area contributed by atoms with Crippen molar-refractivity contribution in [3.05, 3.63) is 41.0 Å². The standard InChI is InChI=1S/C11H11FN2O3/c1-7-10(14-17-13-7)6-16-11-3-2-9(12)4-8(11)5-15/h2-4,15H,5-6H2,1H3. The first-order valence-corrected chi connectivity index (χ1v) is 5.01. The van der Waals surface area contributed by atoms with E-state index in [9.17, 15) is 4.39 Å². The summed E-state index contributed by atoms with van der Waals surface area (Å²) in [6.45, 7) is 1.61. The normalized spacial score (nSPS) is 10.5. The van der Waals surface area contributed by atoms with E-state index in [0.29, 0.717) is 22.7 Å². The molecule has 0 aliphatic heterocycles. The molecule has 0 aliphatic rings. The van der Waals surface area contributed by atoms with Crippen LogP contribution in [0.5, 0.6) is 5.75 Å². The molecular weight excluding hydrogens is 227 g/mol. The molecule has 1 heterocycles. The zero-order valence-corrected chi connectivity index (χ0v) is 9.18. The summed E-state index contributed by atoms with van der Waals surface area (Å²) in [5.74, 6) is -0.00279. The van der Waals surface area contributed by atoms with Gasteiger partial charge in [-0.05, 0) is 25.1 Å². The van der Waals surface area contributed by atoms with E-state index in [1.54, 1.807) is 6.92 Å². The summed E-state index contributed by atoms with van der Waals surface area (Å²) in [6, 6.07) is 3.95. The van der Waals surface area contributed by atoms with Gasteiger partial charge >= 0.3 is 0 Å². The maximum absolute atomic E-state index is 12.9. The first-order valence-electron chi connectivity index (χ1n) is 5.01. The summed E-state index contributed by atoms with van der Waals surface area (Å²) < 4.78 is 22.8. The molecular formula is C11H11FN2O3. The van der Waals surface area contributed by atoms with E-state index in [-0.39, 0.29) is 13.2 Å². The fourth-order valence-electron chi connectivity index (χ4n) is 1.34. The Morgan fingerprint density at radius 1 is 1.41 bits per heavy atom. The molecule has 0 bridgehead atoms. The van der Waals surface area contributed by atoms with Crippen molar-refractivity contribution in [2.75, 3.05) is 0 Å². The quantitative estimate of drug-likeness (QED) is 0.875. The van der Waals surface area contributed by atoms with Gasteiger partial charge in [-0.15, -0.1) is 0 Å². The largest absolute Gasteiger partial charge is 0.487 e. The lowest BCUT2D eigenvalue weighted by atomic mass is 10.2. The molecule has 1 aromatic carbocycles. The van der Waals surface area contributed by atoms with Gasteiger partial charge in [0.2, 0.25) is 0 Å². The number of ether oxygens (including phenoxy) is 1. The monoisotopic (exact) mass is 238 g/mol. The first kappa shape index (κ1) is 11.5. The van der Waals surface area contributed by atoms with Gasteiger partial charge in [0.25, 0.3) is 0 Å². The average molecular weight is 238 g/mol. The van der Waals surface area contributed by atoms with Crippen molar-refractivity contribution in [1.82, 2.24) is 10.3 Å². The van der Waals surface area contributed by atoms with Crippen LogP contribution in [-0.2, 0) is 13.2 Å². The summed E-state index contributed by atoms with van der Waals surface area (Å²) in [7, 11) is 0. The minimum Gasteiger partial charge on any atom is -0.487 e. The van der Waals surface area contributed by atoms with Crippen molar-refractivity contribution in [1.29, 1.82) is 0 Å². The Bertz CT molecular complexity index is 513. The molecule has 0 saturated carbocycles. The highest BCUT2D eigenvalue weighted by atomic mass is 19.1. The molecule has 2 aromatic rings. The van der Waals surface area contributed by atoms with Crippen LogP contribution in [0.2, 0.25) is 0 Å². The highest BCUT2D eigenvalue weighted by Crippen LogP contribution is 2.20. The van der Waals surface area contributed by atoms with E-state index in [4.69, 9.17) is 9.84 Å². The number of rotatable bonds is 4. The second-order valence-electron chi connectivity index (χ2n) is 3.50. The van der Waals surface area contributed by atoms with Crippen LogP contribution in [0.3, 0.4) is 0 Å². The van der Waals surface area contributed by atoms with Crippen LogP contribution in [0.1, 0.15) is 17.0 Å². The Hall–Kier alpha value is -1.95. The highest BCUT2D eigenvalue weighted by Gasteiger charge is 2.09. The number of aromatic nitrogens is 2. The van der Waals surface area contributed by atoms with Crippen LogP contribution < -0.4 is 4.74 Å². The van der Waals surface area contributed by atoms with Gasteiger partial charge in [0.05, 0.1) is 6.61 Å². The third-order valence-electron chi connectivity index (χ3n) is 2.30. The van der Waals surface area contributed by atoms with Gasteiger partial charge in [-0.1, -0.05) is 10.3 Å². The molecule has 6 heteroatoms. The summed E-state index contributed by atoms with van der Waals surface area (Å²) in [6.07, 6.45) is 0. The van der Waals surface area contributed by atoms with Crippen LogP contribution in [0.25, 0.3) is 0 Å². The van der Waals surface area contributed by atoms with Crippen LogP contribution in [0.4, 0.5) is 4.39 Å². The van der Waals surface area contributed by atoms with Gasteiger partial charge in [0.1, 0.15) is 29.6 Å². The number of aliphatic hydroxyl groups excluding tert-OH is 1. The Kier molecular flexibility index (Phi) is 3.34. The number of nitrogens with zero attached hydrogens (tertiary/aromatic N) is 2. The van der Waals surface area contributed by atoms with Gasteiger partial charge in [-0.25, -0.2) is 9.02 Å². The smallest absolute Gasteiger partial charge is 0.145 e. The fraction of sp³-hybridized carbons (Fsp3) is 0.273. The van der Waals surface area contributed by atoms with Crippen molar-refractivity contribution < 1.29 is 18.9 Å². The van der Waals surface area contributed by atoms with Gasteiger partial charge in [-0.2, -0.15) is 0 Å². The molecule has 1 N–H and O–H groups in total.